The van der Waals surface area contributed by atoms with E-state index in [-0.39, 0.29) is 5.48 Å². The van der Waals surface area contributed by atoms with Crippen LogP contribution >= 0.6 is 0 Å². The van der Waals surface area contributed by atoms with Crippen LogP contribution in [0.2, 0.25) is 0 Å². The van der Waals surface area contributed by atoms with Crippen LogP contribution in [-0.4, -0.2) is 10.5 Å². The van der Waals surface area contributed by atoms with E-state index in [0.29, 0.717) is 10.9 Å². The topological polar surface area (TPSA) is 94.6 Å². The predicted octanol–water partition coefficient (Wildman–Crippen LogP) is -0.343. The highest BCUT2D eigenvalue weighted by Crippen LogP contribution is 2.01. The number of aromatic nitrogens is 1. The third-order valence-corrected chi connectivity index (χ3v) is 1.57. The maximum Gasteiger partial charge on any atom is 0.419 e. The standard InChI is InChI=1S/C8H5NO3.H2O/c10-7-5-3-1-2-4-6(5)9-8(11)12-7;/h1-4H,(H,9,11);1H2. The number of nitrogens with one attached hydrogen (secondary N) is 1. The summed E-state index contributed by atoms with van der Waals surface area (Å²) >= 11 is 0. The first kappa shape index (κ1) is 9.21. The molecule has 1 aromatic carbocycles. The fraction of sp³-hybridized carbons (Fsp3) is 0. The first-order chi connectivity index (χ1) is 5.77. The Balaban J connectivity index is 0.000000845. The maximum absolute atomic E-state index is 11.0. The predicted molar refractivity (Wildman–Crippen MR) is 46.7 cm³/mol. The summed E-state index contributed by atoms with van der Waals surface area (Å²) < 4.78 is 4.32. The first-order valence-electron chi connectivity index (χ1n) is 3.39. The molecule has 2 aromatic rings. The third kappa shape index (κ3) is 1.50. The van der Waals surface area contributed by atoms with Crippen molar-refractivity contribution in [3.63, 3.8) is 0 Å². The van der Waals surface area contributed by atoms with E-state index in [1.54, 1.807) is 24.3 Å². The minimum atomic E-state index is -0.723. The Morgan fingerprint density at radius 3 is 2.62 bits per heavy atom. The fourth-order valence-electron chi connectivity index (χ4n) is 1.04. The lowest BCUT2D eigenvalue weighted by Crippen LogP contribution is -2.13. The lowest BCUT2D eigenvalue weighted by molar-refractivity contribution is 0.460. The molecule has 1 heterocycles. The van der Waals surface area contributed by atoms with E-state index in [1.807, 2.05) is 0 Å². The van der Waals surface area contributed by atoms with E-state index in [2.05, 4.69) is 9.40 Å². The molecule has 0 atom stereocenters. The molecule has 1 aromatic heterocycles. The van der Waals surface area contributed by atoms with Crippen LogP contribution in [0.5, 0.6) is 0 Å². The van der Waals surface area contributed by atoms with Gasteiger partial charge in [0.2, 0.25) is 0 Å². The first-order valence-corrected chi connectivity index (χ1v) is 3.39. The second kappa shape index (κ2) is 3.24. The number of hydrogen-bond acceptors (Lipinski definition) is 3. The lowest BCUT2D eigenvalue weighted by atomic mass is 10.2. The average Bonchev–Trinajstić information content (AvgIpc) is 2.04. The van der Waals surface area contributed by atoms with E-state index in [4.69, 9.17) is 0 Å². The van der Waals surface area contributed by atoms with Crippen molar-refractivity contribution < 1.29 is 9.89 Å². The zero-order valence-corrected chi connectivity index (χ0v) is 6.53. The molecule has 3 N–H and O–H groups in total. The second-order valence-electron chi connectivity index (χ2n) is 2.35. The normalized spacial score (nSPS) is 9.54. The summed E-state index contributed by atoms with van der Waals surface area (Å²) in [6.07, 6.45) is 0. The van der Waals surface area contributed by atoms with Crippen molar-refractivity contribution in [1.29, 1.82) is 0 Å². The van der Waals surface area contributed by atoms with Gasteiger partial charge in [-0.25, -0.2) is 9.59 Å². The summed E-state index contributed by atoms with van der Waals surface area (Å²) in [6.45, 7) is 0. The molecule has 0 spiro atoms. The van der Waals surface area contributed by atoms with Gasteiger partial charge in [-0.15, -0.1) is 0 Å². The van der Waals surface area contributed by atoms with Crippen LogP contribution < -0.4 is 11.4 Å². The zero-order chi connectivity index (χ0) is 8.55. The molecule has 0 radical (unpaired) electrons. The molecule has 0 amide bonds. The number of hydrogen-bond donors (Lipinski definition) is 1. The van der Waals surface area contributed by atoms with Crippen LogP contribution in [0.25, 0.3) is 10.9 Å². The van der Waals surface area contributed by atoms with Gasteiger partial charge in [0.05, 0.1) is 10.9 Å². The Hall–Kier alpha value is -1.88. The van der Waals surface area contributed by atoms with Crippen molar-refractivity contribution >= 4 is 10.9 Å². The monoisotopic (exact) mass is 181 g/mol. The molecule has 0 aliphatic carbocycles. The number of fused-ring (bicyclic) bond motifs is 1. The number of para-hydroxylation sites is 1. The molecule has 0 unspecified atom stereocenters. The lowest BCUT2D eigenvalue weighted by Gasteiger charge is -1.91. The third-order valence-electron chi connectivity index (χ3n) is 1.57. The van der Waals surface area contributed by atoms with Crippen molar-refractivity contribution in [2.75, 3.05) is 0 Å². The van der Waals surface area contributed by atoms with Crippen LogP contribution in [-0.2, 0) is 0 Å². The summed E-state index contributed by atoms with van der Waals surface area (Å²) in [5.74, 6) is -0.723. The Morgan fingerprint density at radius 2 is 1.85 bits per heavy atom. The van der Waals surface area contributed by atoms with Crippen molar-refractivity contribution in [1.82, 2.24) is 4.98 Å². The molecule has 5 nitrogen and oxygen atoms in total. The molecule has 0 aliphatic rings. The smallest absolute Gasteiger partial charge is 0.412 e. The molecule has 0 bridgehead atoms. The molecule has 0 saturated heterocycles. The molecule has 5 heteroatoms. The molecule has 0 aliphatic heterocycles. The van der Waals surface area contributed by atoms with Crippen molar-refractivity contribution in [3.8, 4) is 0 Å². The number of aromatic amines is 1. The minimum absolute atomic E-state index is 0. The van der Waals surface area contributed by atoms with E-state index in [1.165, 1.54) is 0 Å². The van der Waals surface area contributed by atoms with Crippen LogP contribution in [0.3, 0.4) is 0 Å². The SMILES string of the molecule is O.O=c1[nH]c2ccccc2c(=O)o1. The van der Waals surface area contributed by atoms with Crippen molar-refractivity contribution in [2.45, 2.75) is 0 Å². The number of rotatable bonds is 0. The molecule has 0 saturated carbocycles. The summed E-state index contributed by atoms with van der Waals surface area (Å²) in [4.78, 5) is 24.1. The second-order valence-corrected chi connectivity index (χ2v) is 2.35. The van der Waals surface area contributed by atoms with Gasteiger partial charge in [0.15, 0.2) is 0 Å². The highest BCUT2D eigenvalue weighted by Gasteiger charge is 1.98. The van der Waals surface area contributed by atoms with Gasteiger partial charge in [-0.3, -0.25) is 4.98 Å². The highest BCUT2D eigenvalue weighted by molar-refractivity contribution is 5.76. The van der Waals surface area contributed by atoms with Gasteiger partial charge in [0.25, 0.3) is 0 Å². The summed E-state index contributed by atoms with van der Waals surface area (Å²) in [5, 5.41) is 0.386. The Labute approximate surface area is 71.9 Å². The van der Waals surface area contributed by atoms with Crippen LogP contribution in [0.4, 0.5) is 0 Å². The van der Waals surface area contributed by atoms with Gasteiger partial charge >= 0.3 is 11.4 Å². The molecular weight excluding hydrogens is 174 g/mol. The Kier molecular flexibility index (Phi) is 2.29. The van der Waals surface area contributed by atoms with Gasteiger partial charge in [0, 0.05) is 0 Å². The maximum atomic E-state index is 11.0. The van der Waals surface area contributed by atoms with Crippen LogP contribution in [0, 0.1) is 0 Å². The van der Waals surface area contributed by atoms with Gasteiger partial charge in [-0.05, 0) is 12.1 Å². The molecule has 68 valence electrons. The summed E-state index contributed by atoms with van der Waals surface area (Å²) in [6, 6.07) is 6.68. The van der Waals surface area contributed by atoms with Gasteiger partial charge in [-0.2, -0.15) is 0 Å². The largest absolute Gasteiger partial charge is 0.419 e. The van der Waals surface area contributed by atoms with E-state index in [0.717, 1.165) is 0 Å². The quantitative estimate of drug-likeness (QED) is 0.602. The van der Waals surface area contributed by atoms with Crippen LogP contribution in [0.15, 0.2) is 38.3 Å². The van der Waals surface area contributed by atoms with E-state index in [9.17, 15) is 9.59 Å². The highest BCUT2D eigenvalue weighted by atomic mass is 16.4. The molecule has 2 rings (SSSR count). The Bertz CT molecular complexity index is 525. The molecule has 13 heavy (non-hydrogen) atoms. The van der Waals surface area contributed by atoms with Gasteiger partial charge in [0.1, 0.15) is 0 Å². The summed E-state index contributed by atoms with van der Waals surface area (Å²) in [7, 11) is 0. The minimum Gasteiger partial charge on any atom is -0.412 e. The van der Waals surface area contributed by atoms with E-state index < -0.39 is 11.4 Å². The molecular formula is C8H7NO4. The van der Waals surface area contributed by atoms with Gasteiger partial charge in [-0.1, -0.05) is 12.1 Å². The van der Waals surface area contributed by atoms with Crippen molar-refractivity contribution in [3.05, 3.63) is 45.2 Å². The zero-order valence-electron chi connectivity index (χ0n) is 6.53. The number of H-pyrrole nitrogens is 1. The molecule has 0 fully saturated rings. The van der Waals surface area contributed by atoms with Crippen molar-refractivity contribution in [2.24, 2.45) is 0 Å². The number of benzene rings is 1. The van der Waals surface area contributed by atoms with Gasteiger partial charge < -0.3 is 9.89 Å². The summed E-state index contributed by atoms with van der Waals surface area (Å²) in [5.41, 5.74) is -0.104. The van der Waals surface area contributed by atoms with Crippen LogP contribution in [0.1, 0.15) is 0 Å². The van der Waals surface area contributed by atoms with E-state index >= 15 is 0 Å². The fourth-order valence-corrected chi connectivity index (χ4v) is 1.04. The average molecular weight is 181 g/mol. The Morgan fingerprint density at radius 1 is 1.15 bits per heavy atom.